The van der Waals surface area contributed by atoms with E-state index in [4.69, 9.17) is 4.74 Å². The van der Waals surface area contributed by atoms with Gasteiger partial charge in [-0.15, -0.1) is 0 Å². The zero-order chi connectivity index (χ0) is 20.4. The molecule has 1 unspecified atom stereocenters. The molecule has 0 spiro atoms. The molecule has 0 saturated heterocycles. The zero-order valence-electron chi connectivity index (χ0n) is 17.1. The Morgan fingerprint density at radius 3 is 1.82 bits per heavy atom. The lowest BCUT2D eigenvalue weighted by atomic mass is 9.99. The van der Waals surface area contributed by atoms with Gasteiger partial charge in [-0.1, -0.05) is 74.5 Å². The summed E-state index contributed by atoms with van der Waals surface area (Å²) in [6, 6.07) is 19.0. The number of hydrogen-bond donors (Lipinski definition) is 0. The Labute approximate surface area is 168 Å². The molecule has 0 saturated carbocycles. The third-order valence-electron chi connectivity index (χ3n) is 4.61. The second kappa shape index (κ2) is 11.4. The minimum atomic E-state index is -0.890. The lowest BCUT2D eigenvalue weighted by Crippen LogP contribution is -2.47. The highest BCUT2D eigenvalue weighted by molar-refractivity contribution is 6.03. The van der Waals surface area contributed by atoms with Crippen LogP contribution in [0.3, 0.4) is 0 Å². The van der Waals surface area contributed by atoms with E-state index >= 15 is 0 Å². The van der Waals surface area contributed by atoms with Crippen molar-refractivity contribution in [2.75, 3.05) is 6.61 Å². The molecule has 2 aromatic carbocycles. The van der Waals surface area contributed by atoms with Gasteiger partial charge >= 0.3 is 5.97 Å². The van der Waals surface area contributed by atoms with Crippen LogP contribution in [0.25, 0.3) is 0 Å². The molecule has 28 heavy (non-hydrogen) atoms. The fourth-order valence-corrected chi connectivity index (χ4v) is 3.15. The van der Waals surface area contributed by atoms with Crippen molar-refractivity contribution in [1.29, 1.82) is 0 Å². The molecule has 150 valence electrons. The molecule has 0 fully saturated rings. The van der Waals surface area contributed by atoms with Crippen LogP contribution in [0.15, 0.2) is 60.7 Å². The van der Waals surface area contributed by atoms with Crippen LogP contribution < -0.4 is 0 Å². The summed E-state index contributed by atoms with van der Waals surface area (Å²) in [4.78, 5) is 27.7. The predicted molar refractivity (Wildman–Crippen MR) is 112 cm³/mol. The number of Topliss-reactive ketones (excluding diaryl/α,β-unsaturated/α-hetero) is 1. The molecule has 2 aromatic rings. The maximum atomic E-state index is 13.0. The topological polar surface area (TPSA) is 46.6 Å². The van der Waals surface area contributed by atoms with Crippen molar-refractivity contribution in [1.82, 2.24) is 4.90 Å². The normalized spacial score (nSPS) is 12.2. The smallest absolute Gasteiger partial charge is 0.331 e. The standard InChI is InChI=1S/C24H31NO3/c1-4-28-24(27)23(22(26)16-15-19(2)3)25(17-20-11-7-5-8-12-20)18-21-13-9-6-10-14-21/h5-14,19,23H,4,15-18H2,1-3H3. The van der Waals surface area contributed by atoms with Crippen molar-refractivity contribution >= 4 is 11.8 Å². The van der Waals surface area contributed by atoms with Crippen LogP contribution in [-0.2, 0) is 27.4 Å². The summed E-state index contributed by atoms with van der Waals surface area (Å²) in [5.41, 5.74) is 2.12. The number of ether oxygens (including phenoxy) is 1. The van der Waals surface area contributed by atoms with Crippen molar-refractivity contribution in [3.05, 3.63) is 71.8 Å². The highest BCUT2D eigenvalue weighted by Gasteiger charge is 2.33. The SMILES string of the molecule is CCOC(=O)C(C(=O)CCC(C)C)N(Cc1ccccc1)Cc1ccccc1. The summed E-state index contributed by atoms with van der Waals surface area (Å²) >= 11 is 0. The third kappa shape index (κ3) is 6.93. The molecule has 1 atom stereocenters. The summed E-state index contributed by atoms with van der Waals surface area (Å²) in [5.74, 6) is -0.120. The summed E-state index contributed by atoms with van der Waals surface area (Å²) in [6.45, 7) is 7.21. The first-order chi connectivity index (χ1) is 13.5. The molecule has 4 nitrogen and oxygen atoms in total. The Bertz CT molecular complexity index is 687. The van der Waals surface area contributed by atoms with E-state index in [1.165, 1.54) is 0 Å². The number of carbonyl (C=O) groups is 2. The molecular weight excluding hydrogens is 350 g/mol. The Hall–Kier alpha value is -2.46. The molecule has 4 heteroatoms. The van der Waals surface area contributed by atoms with E-state index < -0.39 is 12.0 Å². The van der Waals surface area contributed by atoms with Gasteiger partial charge < -0.3 is 4.74 Å². The molecule has 0 bridgehead atoms. The molecule has 0 amide bonds. The fourth-order valence-electron chi connectivity index (χ4n) is 3.15. The average molecular weight is 382 g/mol. The van der Waals surface area contributed by atoms with Crippen molar-refractivity contribution < 1.29 is 14.3 Å². The van der Waals surface area contributed by atoms with E-state index in [-0.39, 0.29) is 12.4 Å². The quantitative estimate of drug-likeness (QED) is 0.421. The Balaban J connectivity index is 2.31. The Kier molecular flexibility index (Phi) is 8.89. The summed E-state index contributed by atoms with van der Waals surface area (Å²) in [6.07, 6.45) is 1.14. The van der Waals surface area contributed by atoms with Crippen molar-refractivity contribution in [2.45, 2.75) is 52.7 Å². The van der Waals surface area contributed by atoms with E-state index in [2.05, 4.69) is 13.8 Å². The maximum Gasteiger partial charge on any atom is 0.331 e. The molecule has 0 aromatic heterocycles. The predicted octanol–water partition coefficient (Wildman–Crippen LogP) is 4.63. The highest BCUT2D eigenvalue weighted by atomic mass is 16.5. The van der Waals surface area contributed by atoms with Gasteiger partial charge in [0.05, 0.1) is 6.61 Å². The molecule has 2 rings (SSSR count). The number of carbonyl (C=O) groups excluding carboxylic acids is 2. The van der Waals surface area contributed by atoms with Crippen LogP contribution in [0.4, 0.5) is 0 Å². The number of benzene rings is 2. The minimum Gasteiger partial charge on any atom is -0.464 e. The first-order valence-corrected chi connectivity index (χ1v) is 10.0. The Morgan fingerprint density at radius 1 is 0.893 bits per heavy atom. The number of rotatable bonds is 11. The molecule has 0 heterocycles. The molecule has 0 aliphatic heterocycles. The number of nitrogens with zero attached hydrogens (tertiary/aromatic N) is 1. The van der Waals surface area contributed by atoms with E-state index in [1.807, 2.05) is 65.6 Å². The first-order valence-electron chi connectivity index (χ1n) is 10.0. The molecular formula is C24H31NO3. The summed E-state index contributed by atoms with van der Waals surface area (Å²) < 4.78 is 5.29. The van der Waals surface area contributed by atoms with Gasteiger partial charge in [0.1, 0.15) is 0 Å². The van der Waals surface area contributed by atoms with Gasteiger partial charge in [0.2, 0.25) is 0 Å². The van der Waals surface area contributed by atoms with Crippen LogP contribution in [0, 0.1) is 5.92 Å². The zero-order valence-corrected chi connectivity index (χ0v) is 17.1. The van der Waals surface area contributed by atoms with E-state index in [0.29, 0.717) is 25.4 Å². The number of esters is 1. The second-order valence-electron chi connectivity index (χ2n) is 7.43. The van der Waals surface area contributed by atoms with Crippen molar-refractivity contribution in [3.63, 3.8) is 0 Å². The number of hydrogen-bond acceptors (Lipinski definition) is 4. The van der Waals surface area contributed by atoms with Crippen LogP contribution >= 0.6 is 0 Å². The van der Waals surface area contributed by atoms with Gasteiger partial charge in [-0.3, -0.25) is 9.69 Å². The van der Waals surface area contributed by atoms with Gasteiger partial charge in [0.25, 0.3) is 0 Å². The van der Waals surface area contributed by atoms with Crippen LogP contribution in [0.5, 0.6) is 0 Å². The van der Waals surface area contributed by atoms with E-state index in [1.54, 1.807) is 6.92 Å². The molecule has 0 radical (unpaired) electrons. The van der Waals surface area contributed by atoms with Crippen LogP contribution in [0.1, 0.15) is 44.7 Å². The van der Waals surface area contributed by atoms with Gasteiger partial charge in [-0.05, 0) is 30.4 Å². The minimum absolute atomic E-state index is 0.0704. The third-order valence-corrected chi connectivity index (χ3v) is 4.61. The van der Waals surface area contributed by atoms with Gasteiger partial charge in [0, 0.05) is 19.5 Å². The highest BCUT2D eigenvalue weighted by Crippen LogP contribution is 2.18. The second-order valence-corrected chi connectivity index (χ2v) is 7.43. The van der Waals surface area contributed by atoms with Crippen LogP contribution in [-0.4, -0.2) is 29.3 Å². The van der Waals surface area contributed by atoms with Gasteiger partial charge in [-0.2, -0.15) is 0 Å². The molecule has 0 aliphatic carbocycles. The maximum absolute atomic E-state index is 13.0. The largest absolute Gasteiger partial charge is 0.464 e. The fraction of sp³-hybridized carbons (Fsp3) is 0.417. The van der Waals surface area contributed by atoms with Crippen molar-refractivity contribution in [2.24, 2.45) is 5.92 Å². The summed E-state index contributed by atoms with van der Waals surface area (Å²) in [7, 11) is 0. The van der Waals surface area contributed by atoms with E-state index in [0.717, 1.165) is 17.5 Å². The monoisotopic (exact) mass is 381 g/mol. The Morgan fingerprint density at radius 2 is 1.39 bits per heavy atom. The van der Waals surface area contributed by atoms with Crippen molar-refractivity contribution in [3.8, 4) is 0 Å². The van der Waals surface area contributed by atoms with E-state index in [9.17, 15) is 9.59 Å². The lowest BCUT2D eigenvalue weighted by Gasteiger charge is -2.29. The van der Waals surface area contributed by atoms with Gasteiger partial charge in [0.15, 0.2) is 11.8 Å². The number of ketones is 1. The lowest BCUT2D eigenvalue weighted by molar-refractivity contribution is -0.154. The molecule has 0 aliphatic rings. The average Bonchev–Trinajstić information content (AvgIpc) is 2.68. The summed E-state index contributed by atoms with van der Waals surface area (Å²) in [5, 5.41) is 0. The first kappa shape index (κ1) is 21.8. The van der Waals surface area contributed by atoms with Crippen LogP contribution in [0.2, 0.25) is 0 Å². The molecule has 0 N–H and O–H groups in total. The van der Waals surface area contributed by atoms with Gasteiger partial charge in [-0.25, -0.2) is 4.79 Å².